The number of ether oxygens (including phenoxy) is 1. The molecule has 0 saturated heterocycles. The highest BCUT2D eigenvalue weighted by Gasteiger charge is 2.24. The van der Waals surface area contributed by atoms with Gasteiger partial charge >= 0.3 is 5.97 Å². The number of rotatable bonds is 8. The maximum absolute atomic E-state index is 12.6. The molecule has 7 nitrogen and oxygen atoms in total. The zero-order chi connectivity index (χ0) is 24.1. The molecule has 0 spiro atoms. The maximum atomic E-state index is 12.6. The van der Waals surface area contributed by atoms with Crippen LogP contribution in [-0.4, -0.2) is 39.5 Å². The largest absolute Gasteiger partial charge is 0.463 e. The Morgan fingerprint density at radius 1 is 1.09 bits per heavy atom. The van der Waals surface area contributed by atoms with E-state index >= 15 is 0 Å². The zero-order valence-electron chi connectivity index (χ0n) is 17.6. The molecule has 3 rings (SSSR count). The summed E-state index contributed by atoms with van der Waals surface area (Å²) >= 11 is 24.1. The van der Waals surface area contributed by atoms with Gasteiger partial charge in [-0.05, 0) is 38.1 Å². The van der Waals surface area contributed by atoms with Gasteiger partial charge in [0.1, 0.15) is 11.4 Å². The number of hydrogen-bond acceptors (Lipinski definition) is 6. The van der Waals surface area contributed by atoms with Crippen LogP contribution in [0.4, 0.5) is 5.69 Å². The minimum absolute atomic E-state index is 0.0145. The van der Waals surface area contributed by atoms with E-state index in [9.17, 15) is 9.59 Å². The standard InChI is InChI=1S/C22H19Cl4N3O4/c1-12(2)32-19(30)7-9-29(22(31)21(25)26)13-6-8-27-16(10-13)18-11-17(28-33-18)20-14(23)4-3-5-15(20)24/h3-6,8,10-12,21H,7,9H2,1-2H3. The monoisotopic (exact) mass is 529 g/mol. The Labute approximate surface area is 210 Å². The molecule has 0 aliphatic rings. The number of esters is 1. The summed E-state index contributed by atoms with van der Waals surface area (Å²) in [7, 11) is 0. The van der Waals surface area contributed by atoms with Gasteiger partial charge in [0, 0.05) is 30.1 Å². The van der Waals surface area contributed by atoms with Crippen LogP contribution in [0.5, 0.6) is 0 Å². The molecule has 174 valence electrons. The van der Waals surface area contributed by atoms with E-state index in [1.54, 1.807) is 50.2 Å². The number of hydrogen-bond donors (Lipinski definition) is 0. The maximum Gasteiger partial charge on any atom is 0.307 e. The Bertz CT molecular complexity index is 1130. The Morgan fingerprint density at radius 2 is 1.79 bits per heavy atom. The SMILES string of the molecule is CC(C)OC(=O)CCN(C(=O)C(Cl)Cl)c1ccnc(-c2cc(-c3c(Cl)cccc3Cl)no2)c1. The molecule has 1 aromatic carbocycles. The lowest BCUT2D eigenvalue weighted by molar-refractivity contribution is -0.147. The summed E-state index contributed by atoms with van der Waals surface area (Å²) in [5, 5.41) is 4.88. The highest BCUT2D eigenvalue weighted by atomic mass is 35.5. The molecule has 0 atom stereocenters. The van der Waals surface area contributed by atoms with Gasteiger partial charge in [0.2, 0.25) is 0 Å². The van der Waals surface area contributed by atoms with Crippen molar-refractivity contribution < 1.29 is 18.8 Å². The molecule has 0 saturated carbocycles. The molecule has 0 aliphatic heterocycles. The lowest BCUT2D eigenvalue weighted by Gasteiger charge is -2.23. The van der Waals surface area contributed by atoms with Crippen LogP contribution in [-0.2, 0) is 14.3 Å². The average Bonchev–Trinajstić information content (AvgIpc) is 3.23. The summed E-state index contributed by atoms with van der Waals surface area (Å²) in [6.07, 6.45) is 1.18. The van der Waals surface area contributed by atoms with Crippen molar-refractivity contribution in [2.75, 3.05) is 11.4 Å². The highest BCUT2D eigenvalue weighted by molar-refractivity contribution is 6.54. The van der Waals surface area contributed by atoms with Crippen LogP contribution >= 0.6 is 46.4 Å². The lowest BCUT2D eigenvalue weighted by atomic mass is 10.1. The number of halogens is 4. The third-order valence-corrected chi connectivity index (χ3v) is 5.40. The van der Waals surface area contributed by atoms with Crippen molar-refractivity contribution in [1.82, 2.24) is 10.1 Å². The van der Waals surface area contributed by atoms with Crippen LogP contribution in [0, 0.1) is 0 Å². The molecular weight excluding hydrogens is 512 g/mol. The van der Waals surface area contributed by atoms with Gasteiger partial charge in [-0.3, -0.25) is 14.6 Å². The third-order valence-electron chi connectivity index (χ3n) is 4.40. The minimum Gasteiger partial charge on any atom is -0.463 e. The van der Waals surface area contributed by atoms with Crippen LogP contribution in [0.25, 0.3) is 22.7 Å². The first-order chi connectivity index (χ1) is 15.7. The number of anilines is 1. The Kier molecular flexibility index (Phi) is 8.59. The Morgan fingerprint density at radius 3 is 2.42 bits per heavy atom. The van der Waals surface area contributed by atoms with Gasteiger partial charge in [-0.1, -0.05) is 57.6 Å². The smallest absolute Gasteiger partial charge is 0.307 e. The summed E-state index contributed by atoms with van der Waals surface area (Å²) < 4.78 is 10.6. The number of alkyl halides is 2. The van der Waals surface area contributed by atoms with E-state index in [1.165, 1.54) is 11.1 Å². The highest BCUT2D eigenvalue weighted by Crippen LogP contribution is 2.36. The Hall–Kier alpha value is -2.32. The summed E-state index contributed by atoms with van der Waals surface area (Å²) in [4.78, 5) is 28.9. The molecule has 0 radical (unpaired) electrons. The normalized spacial score (nSPS) is 11.2. The van der Waals surface area contributed by atoms with Gasteiger partial charge < -0.3 is 14.2 Å². The van der Waals surface area contributed by atoms with E-state index in [2.05, 4.69) is 10.1 Å². The topological polar surface area (TPSA) is 85.5 Å². The first-order valence-corrected chi connectivity index (χ1v) is 11.5. The van der Waals surface area contributed by atoms with E-state index < -0.39 is 16.7 Å². The number of amides is 1. The molecular formula is C22H19Cl4N3O4. The van der Waals surface area contributed by atoms with Gasteiger partial charge in [-0.15, -0.1) is 0 Å². The first kappa shape index (κ1) is 25.3. The minimum atomic E-state index is -1.32. The van der Waals surface area contributed by atoms with Gasteiger partial charge in [0.25, 0.3) is 5.91 Å². The molecule has 33 heavy (non-hydrogen) atoms. The van der Waals surface area contributed by atoms with Crippen molar-refractivity contribution in [3.63, 3.8) is 0 Å². The van der Waals surface area contributed by atoms with Crippen molar-refractivity contribution in [2.24, 2.45) is 0 Å². The number of nitrogens with zero attached hydrogens (tertiary/aromatic N) is 3. The summed E-state index contributed by atoms with van der Waals surface area (Å²) in [5.41, 5.74) is 1.76. The van der Waals surface area contributed by atoms with Gasteiger partial charge in [-0.2, -0.15) is 0 Å². The van der Waals surface area contributed by atoms with Crippen molar-refractivity contribution in [2.45, 2.75) is 31.2 Å². The van der Waals surface area contributed by atoms with Gasteiger partial charge in [-0.25, -0.2) is 0 Å². The number of carbonyl (C=O) groups excluding carboxylic acids is 2. The van der Waals surface area contributed by atoms with Crippen molar-refractivity contribution in [3.8, 4) is 22.7 Å². The molecule has 0 unspecified atom stereocenters. The van der Waals surface area contributed by atoms with E-state index in [-0.39, 0.29) is 19.1 Å². The lowest BCUT2D eigenvalue weighted by Crippen LogP contribution is -2.37. The molecule has 1 amide bonds. The fourth-order valence-corrected chi connectivity index (χ4v) is 3.81. The zero-order valence-corrected chi connectivity index (χ0v) is 20.6. The molecule has 3 aromatic rings. The molecule has 0 bridgehead atoms. The van der Waals surface area contributed by atoms with Crippen LogP contribution in [0.2, 0.25) is 10.0 Å². The molecule has 0 N–H and O–H groups in total. The van der Waals surface area contributed by atoms with Gasteiger partial charge in [0.05, 0.1) is 22.6 Å². The van der Waals surface area contributed by atoms with Crippen molar-refractivity contribution >= 4 is 64.0 Å². The number of pyridine rings is 1. The molecule has 0 fully saturated rings. The second-order valence-corrected chi connectivity index (χ2v) is 9.06. The van der Waals surface area contributed by atoms with E-state index in [0.29, 0.717) is 38.4 Å². The van der Waals surface area contributed by atoms with Crippen LogP contribution in [0.15, 0.2) is 47.1 Å². The predicted octanol–water partition coefficient (Wildman–Crippen LogP) is 6.19. The van der Waals surface area contributed by atoms with Crippen LogP contribution < -0.4 is 4.90 Å². The first-order valence-electron chi connectivity index (χ1n) is 9.84. The fourth-order valence-electron chi connectivity index (χ4n) is 2.99. The predicted molar refractivity (Wildman–Crippen MR) is 129 cm³/mol. The third kappa shape index (κ3) is 6.38. The summed E-state index contributed by atoms with van der Waals surface area (Å²) in [5.74, 6) is -0.717. The number of benzene rings is 1. The number of carbonyl (C=O) groups is 2. The summed E-state index contributed by atoms with van der Waals surface area (Å²) in [6, 6.07) is 9.94. The second-order valence-electron chi connectivity index (χ2n) is 7.15. The Balaban J connectivity index is 1.89. The van der Waals surface area contributed by atoms with Crippen LogP contribution in [0.3, 0.4) is 0 Å². The molecule has 11 heteroatoms. The molecule has 0 aliphatic carbocycles. The van der Waals surface area contributed by atoms with Crippen molar-refractivity contribution in [3.05, 3.63) is 52.6 Å². The van der Waals surface area contributed by atoms with E-state index in [4.69, 9.17) is 55.7 Å². The second kappa shape index (κ2) is 11.2. The van der Waals surface area contributed by atoms with E-state index in [0.717, 1.165) is 0 Å². The quantitative estimate of drug-likeness (QED) is 0.255. The molecule has 2 aromatic heterocycles. The average molecular weight is 531 g/mol. The van der Waals surface area contributed by atoms with Gasteiger partial charge in [0.15, 0.2) is 10.6 Å². The van der Waals surface area contributed by atoms with Crippen molar-refractivity contribution in [1.29, 1.82) is 0 Å². The number of aromatic nitrogens is 2. The fraction of sp³-hybridized carbons (Fsp3) is 0.273. The van der Waals surface area contributed by atoms with E-state index in [1.807, 2.05) is 0 Å². The van der Waals surface area contributed by atoms with Crippen LogP contribution in [0.1, 0.15) is 20.3 Å². The molecule has 2 heterocycles. The summed E-state index contributed by atoms with van der Waals surface area (Å²) in [6.45, 7) is 3.50.